The minimum Gasteiger partial charge on any atom is -0.106 e. The lowest BCUT2D eigenvalue weighted by Gasteiger charge is -2.18. The van der Waals surface area contributed by atoms with Crippen molar-refractivity contribution in [3.05, 3.63) is 91.1 Å². The molecule has 0 saturated heterocycles. The Bertz CT molecular complexity index is 701. The van der Waals surface area contributed by atoms with Gasteiger partial charge in [-0.2, -0.15) is 0 Å². The molecule has 2 aromatic rings. The van der Waals surface area contributed by atoms with Gasteiger partial charge in [0.1, 0.15) is 0 Å². The van der Waals surface area contributed by atoms with Gasteiger partial charge in [0.05, 0.1) is 0 Å². The first-order chi connectivity index (χ1) is 10.3. The van der Waals surface area contributed by atoms with Gasteiger partial charge in [0.25, 0.3) is 0 Å². The van der Waals surface area contributed by atoms with E-state index in [0.29, 0.717) is 0 Å². The molecule has 21 heavy (non-hydrogen) atoms. The average molecular weight is 274 g/mol. The highest BCUT2D eigenvalue weighted by Crippen LogP contribution is 2.33. The van der Waals surface area contributed by atoms with Crippen LogP contribution in [-0.4, -0.2) is 0 Å². The Morgan fingerprint density at radius 3 is 2.48 bits per heavy atom. The van der Waals surface area contributed by atoms with E-state index in [1.54, 1.807) is 0 Å². The lowest BCUT2D eigenvalue weighted by atomic mass is 9.86. The number of hydrogen-bond donors (Lipinski definition) is 0. The zero-order valence-corrected chi connectivity index (χ0v) is 12.6. The Morgan fingerprint density at radius 2 is 1.76 bits per heavy atom. The second-order valence-corrected chi connectivity index (χ2v) is 5.17. The molecule has 0 heteroatoms. The Kier molecular flexibility index (Phi) is 4.94. The summed E-state index contributed by atoms with van der Waals surface area (Å²) in [5.41, 5.74) is 5.58. The van der Waals surface area contributed by atoms with Crippen molar-refractivity contribution >= 4 is 16.8 Å². The smallest absolute Gasteiger partial charge is 0.00543 e. The minimum atomic E-state index is 0.928. The predicted octanol–water partition coefficient (Wildman–Crippen LogP) is 5.89. The van der Waals surface area contributed by atoms with E-state index in [0.717, 1.165) is 19.3 Å². The topological polar surface area (TPSA) is 0 Å². The summed E-state index contributed by atoms with van der Waals surface area (Å²) in [5.74, 6) is 0. The molecule has 0 unspecified atom stereocenters. The van der Waals surface area contributed by atoms with Gasteiger partial charge in [-0.05, 0) is 46.7 Å². The minimum absolute atomic E-state index is 0.928. The van der Waals surface area contributed by atoms with Crippen LogP contribution >= 0.6 is 0 Å². The predicted molar refractivity (Wildman–Crippen MR) is 95.6 cm³/mol. The first kappa shape index (κ1) is 15.1. The maximum Gasteiger partial charge on any atom is -0.00543 e. The van der Waals surface area contributed by atoms with E-state index in [1.807, 2.05) is 12.2 Å². The standard InChI is InChI=1S/C19H18.C2H4/c1-3-6-14-10-16-8-5-9-17-11-15(7-4-2)13-18(12-14)19(16)17;1-2/h3-5,8-10,12-13H,1-2,6-7,11H2;1-2H2. The fraction of sp³-hybridized carbons (Fsp3) is 0.143. The highest BCUT2D eigenvalue weighted by atomic mass is 14.2. The van der Waals surface area contributed by atoms with Gasteiger partial charge in [-0.1, -0.05) is 54.1 Å². The van der Waals surface area contributed by atoms with Crippen LogP contribution in [0, 0.1) is 0 Å². The fourth-order valence-electron chi connectivity index (χ4n) is 2.98. The van der Waals surface area contributed by atoms with E-state index in [9.17, 15) is 0 Å². The van der Waals surface area contributed by atoms with Crippen molar-refractivity contribution in [2.45, 2.75) is 19.3 Å². The number of rotatable bonds is 4. The van der Waals surface area contributed by atoms with Gasteiger partial charge in [-0.25, -0.2) is 0 Å². The van der Waals surface area contributed by atoms with Gasteiger partial charge in [0.15, 0.2) is 0 Å². The lowest BCUT2D eigenvalue weighted by Crippen LogP contribution is -2.00. The van der Waals surface area contributed by atoms with Gasteiger partial charge in [-0.15, -0.1) is 26.3 Å². The molecular weight excluding hydrogens is 252 g/mol. The van der Waals surface area contributed by atoms with Gasteiger partial charge in [-0.3, -0.25) is 0 Å². The van der Waals surface area contributed by atoms with Crippen LogP contribution in [0.15, 0.2) is 74.4 Å². The summed E-state index contributed by atoms with van der Waals surface area (Å²) in [7, 11) is 0. The molecule has 3 rings (SSSR count). The maximum atomic E-state index is 3.85. The molecule has 0 nitrogen and oxygen atoms in total. The molecule has 0 spiro atoms. The molecule has 0 radical (unpaired) electrons. The third-order valence-corrected chi connectivity index (χ3v) is 3.72. The molecule has 106 valence electrons. The Morgan fingerprint density at radius 1 is 1.00 bits per heavy atom. The molecule has 0 aliphatic heterocycles. The van der Waals surface area contributed by atoms with E-state index < -0.39 is 0 Å². The number of benzene rings is 2. The molecule has 0 saturated carbocycles. The molecule has 0 heterocycles. The SMILES string of the molecule is C=C.C=CCC1=Cc2cc(CC=C)cc3cccc(c23)C1. The molecule has 1 aliphatic carbocycles. The molecule has 0 amide bonds. The summed E-state index contributed by atoms with van der Waals surface area (Å²) in [4.78, 5) is 0. The third-order valence-electron chi connectivity index (χ3n) is 3.72. The zero-order chi connectivity index (χ0) is 15.2. The quantitative estimate of drug-likeness (QED) is 0.610. The summed E-state index contributed by atoms with van der Waals surface area (Å²) in [6, 6.07) is 11.2. The molecule has 1 aliphatic rings. The summed E-state index contributed by atoms with van der Waals surface area (Å²) in [5, 5.41) is 2.77. The summed E-state index contributed by atoms with van der Waals surface area (Å²) in [6.07, 6.45) is 9.25. The largest absolute Gasteiger partial charge is 0.106 e. The van der Waals surface area contributed by atoms with E-state index in [4.69, 9.17) is 0 Å². The molecular formula is C21H22. The second-order valence-electron chi connectivity index (χ2n) is 5.17. The zero-order valence-electron chi connectivity index (χ0n) is 12.6. The van der Waals surface area contributed by atoms with E-state index in [2.05, 4.69) is 62.7 Å². The molecule has 2 aromatic carbocycles. The highest BCUT2D eigenvalue weighted by Gasteiger charge is 2.13. The van der Waals surface area contributed by atoms with E-state index in [-0.39, 0.29) is 0 Å². The van der Waals surface area contributed by atoms with Crippen molar-refractivity contribution in [2.75, 3.05) is 0 Å². The van der Waals surface area contributed by atoms with Crippen LogP contribution < -0.4 is 0 Å². The Balaban J connectivity index is 0.000000774. The second kappa shape index (κ2) is 6.90. The van der Waals surface area contributed by atoms with E-state index in [1.165, 1.54) is 33.0 Å². The fourth-order valence-corrected chi connectivity index (χ4v) is 2.98. The first-order valence-electron chi connectivity index (χ1n) is 7.27. The molecule has 0 bridgehead atoms. The van der Waals surface area contributed by atoms with Crippen molar-refractivity contribution < 1.29 is 0 Å². The van der Waals surface area contributed by atoms with Crippen molar-refractivity contribution in [1.29, 1.82) is 0 Å². The van der Waals surface area contributed by atoms with Gasteiger partial charge >= 0.3 is 0 Å². The molecule has 0 aromatic heterocycles. The number of allylic oxidation sites excluding steroid dienone is 3. The average Bonchev–Trinajstić information content (AvgIpc) is 2.50. The highest BCUT2D eigenvalue weighted by molar-refractivity contribution is 5.96. The lowest BCUT2D eigenvalue weighted by molar-refractivity contribution is 1.08. The normalized spacial score (nSPS) is 12.1. The molecule has 0 fully saturated rings. The third kappa shape index (κ3) is 3.05. The van der Waals surface area contributed by atoms with Crippen LogP contribution in [0.3, 0.4) is 0 Å². The van der Waals surface area contributed by atoms with Gasteiger partial charge < -0.3 is 0 Å². The molecule has 0 N–H and O–H groups in total. The van der Waals surface area contributed by atoms with Crippen LogP contribution in [0.1, 0.15) is 23.1 Å². The van der Waals surface area contributed by atoms with Crippen molar-refractivity contribution in [3.63, 3.8) is 0 Å². The van der Waals surface area contributed by atoms with Crippen molar-refractivity contribution in [1.82, 2.24) is 0 Å². The molecule has 0 atom stereocenters. The summed E-state index contributed by atoms with van der Waals surface area (Å²) in [6.45, 7) is 13.7. The Hall–Kier alpha value is -2.34. The summed E-state index contributed by atoms with van der Waals surface area (Å²) < 4.78 is 0. The van der Waals surface area contributed by atoms with Gasteiger partial charge in [0, 0.05) is 0 Å². The number of hydrogen-bond acceptors (Lipinski definition) is 0. The van der Waals surface area contributed by atoms with Crippen LogP contribution in [0.25, 0.3) is 16.8 Å². The van der Waals surface area contributed by atoms with Crippen LogP contribution in [0.5, 0.6) is 0 Å². The summed E-state index contributed by atoms with van der Waals surface area (Å²) >= 11 is 0. The Labute approximate surface area is 127 Å². The first-order valence-corrected chi connectivity index (χ1v) is 7.27. The van der Waals surface area contributed by atoms with Gasteiger partial charge in [0.2, 0.25) is 0 Å². The van der Waals surface area contributed by atoms with Crippen LogP contribution in [-0.2, 0) is 12.8 Å². The van der Waals surface area contributed by atoms with Crippen molar-refractivity contribution in [3.8, 4) is 0 Å². The monoisotopic (exact) mass is 274 g/mol. The van der Waals surface area contributed by atoms with E-state index >= 15 is 0 Å². The van der Waals surface area contributed by atoms with Crippen LogP contribution in [0.4, 0.5) is 0 Å². The van der Waals surface area contributed by atoms with Crippen LogP contribution in [0.2, 0.25) is 0 Å². The maximum absolute atomic E-state index is 3.85. The van der Waals surface area contributed by atoms with Crippen molar-refractivity contribution in [2.24, 2.45) is 0 Å².